The summed E-state index contributed by atoms with van der Waals surface area (Å²) >= 11 is 1.82. The molecular formula is C48H31NOS. The first-order valence-electron chi connectivity index (χ1n) is 17.3. The maximum Gasteiger partial charge on any atom is 0.144 e. The van der Waals surface area contributed by atoms with Gasteiger partial charge in [0.15, 0.2) is 0 Å². The second kappa shape index (κ2) is 12.2. The Kier molecular flexibility index (Phi) is 7.04. The zero-order valence-electron chi connectivity index (χ0n) is 27.7. The zero-order chi connectivity index (χ0) is 33.7. The third kappa shape index (κ3) is 5.10. The molecule has 0 spiro atoms. The topological polar surface area (TPSA) is 16.4 Å². The molecule has 10 aromatic rings. The number of anilines is 3. The quantitative estimate of drug-likeness (QED) is 0.175. The lowest BCUT2D eigenvalue weighted by molar-refractivity contribution is 0.674. The van der Waals surface area contributed by atoms with Crippen LogP contribution in [0.4, 0.5) is 17.1 Å². The predicted octanol–water partition coefficient (Wildman–Crippen LogP) is 14.4. The highest BCUT2D eigenvalue weighted by atomic mass is 32.1. The van der Waals surface area contributed by atoms with Crippen molar-refractivity contribution in [3.8, 4) is 33.4 Å². The summed E-state index contributed by atoms with van der Waals surface area (Å²) in [5, 5.41) is 4.73. The van der Waals surface area contributed by atoms with Gasteiger partial charge in [0.2, 0.25) is 0 Å². The van der Waals surface area contributed by atoms with Crippen LogP contribution in [-0.4, -0.2) is 0 Å². The molecular weight excluding hydrogens is 639 g/mol. The third-order valence-electron chi connectivity index (χ3n) is 9.89. The summed E-state index contributed by atoms with van der Waals surface area (Å²) in [7, 11) is 0. The number of hydrogen-bond acceptors (Lipinski definition) is 3. The van der Waals surface area contributed by atoms with E-state index in [9.17, 15) is 0 Å². The SMILES string of the molecule is c1ccc(-c2ccc(N(c3ccc(-c4ccccc4)cc3)c3cccc(-c4cccc5c4oc4c5ccc5sc6ccccc6c54)c3)cc2)cc1. The average Bonchev–Trinajstić information content (AvgIpc) is 3.78. The van der Waals surface area contributed by atoms with E-state index in [4.69, 9.17) is 4.42 Å². The summed E-state index contributed by atoms with van der Waals surface area (Å²) in [6, 6.07) is 67.2. The Labute approximate surface area is 300 Å². The molecule has 0 bridgehead atoms. The summed E-state index contributed by atoms with van der Waals surface area (Å²) in [4.78, 5) is 2.34. The number of para-hydroxylation sites is 1. The molecule has 0 atom stereocenters. The fraction of sp³-hybridized carbons (Fsp3) is 0. The Balaban J connectivity index is 1.11. The zero-order valence-corrected chi connectivity index (χ0v) is 28.5. The molecule has 0 radical (unpaired) electrons. The van der Waals surface area contributed by atoms with E-state index in [0.29, 0.717) is 0 Å². The monoisotopic (exact) mass is 669 g/mol. The van der Waals surface area contributed by atoms with Crippen molar-refractivity contribution >= 4 is 70.5 Å². The molecule has 0 aliphatic heterocycles. The first kappa shape index (κ1) is 29.5. The Bertz CT molecular complexity index is 2750. The smallest absolute Gasteiger partial charge is 0.144 e. The molecule has 240 valence electrons. The molecule has 0 fully saturated rings. The van der Waals surface area contributed by atoms with Crippen LogP contribution < -0.4 is 4.90 Å². The van der Waals surface area contributed by atoms with Gasteiger partial charge < -0.3 is 9.32 Å². The molecule has 0 aliphatic carbocycles. The van der Waals surface area contributed by atoms with Gasteiger partial charge in [-0.15, -0.1) is 11.3 Å². The van der Waals surface area contributed by atoms with Crippen molar-refractivity contribution in [1.82, 2.24) is 0 Å². The summed E-state index contributed by atoms with van der Waals surface area (Å²) < 4.78 is 9.42. The first-order valence-corrected chi connectivity index (χ1v) is 18.1. The van der Waals surface area contributed by atoms with Crippen LogP contribution in [0, 0.1) is 0 Å². The first-order chi connectivity index (χ1) is 25.3. The number of fused-ring (bicyclic) bond motifs is 7. The fourth-order valence-electron chi connectivity index (χ4n) is 7.42. The Morgan fingerprint density at radius 1 is 0.353 bits per heavy atom. The second-order valence-corrected chi connectivity index (χ2v) is 14.0. The van der Waals surface area contributed by atoms with Gasteiger partial charge in [-0.2, -0.15) is 0 Å². The van der Waals surface area contributed by atoms with E-state index in [1.54, 1.807) is 0 Å². The molecule has 0 saturated heterocycles. The number of hydrogen-bond donors (Lipinski definition) is 0. The highest BCUT2D eigenvalue weighted by Crippen LogP contribution is 2.45. The molecule has 10 rings (SSSR count). The summed E-state index contributed by atoms with van der Waals surface area (Å²) in [6.07, 6.45) is 0. The van der Waals surface area contributed by atoms with Gasteiger partial charge in [-0.25, -0.2) is 0 Å². The van der Waals surface area contributed by atoms with Crippen LogP contribution in [0.25, 0.3) is 75.5 Å². The van der Waals surface area contributed by atoms with Gasteiger partial charge in [0, 0.05) is 53.6 Å². The molecule has 0 unspecified atom stereocenters. The van der Waals surface area contributed by atoms with E-state index in [-0.39, 0.29) is 0 Å². The third-order valence-corrected chi connectivity index (χ3v) is 11.0. The number of thiophene rings is 1. The maximum absolute atomic E-state index is 6.89. The van der Waals surface area contributed by atoms with Crippen LogP contribution in [-0.2, 0) is 0 Å². The fourth-order valence-corrected chi connectivity index (χ4v) is 8.52. The summed E-state index contributed by atoms with van der Waals surface area (Å²) in [6.45, 7) is 0. The van der Waals surface area contributed by atoms with Gasteiger partial charge in [-0.1, -0.05) is 133 Å². The van der Waals surface area contributed by atoms with Crippen LogP contribution in [0.1, 0.15) is 0 Å². The highest BCUT2D eigenvalue weighted by molar-refractivity contribution is 7.26. The molecule has 2 nitrogen and oxygen atoms in total. The Hall–Kier alpha value is -6.42. The van der Waals surface area contributed by atoms with Crippen molar-refractivity contribution in [1.29, 1.82) is 0 Å². The number of benzene rings is 8. The van der Waals surface area contributed by atoms with Crippen molar-refractivity contribution < 1.29 is 4.42 Å². The van der Waals surface area contributed by atoms with Crippen molar-refractivity contribution in [2.45, 2.75) is 0 Å². The largest absolute Gasteiger partial charge is 0.455 e. The normalized spacial score (nSPS) is 11.5. The standard InChI is InChI=1S/C48H31NOS/c1-3-11-32(12-4-1)34-21-25-37(26-22-34)49(38-27-23-35(24-28-38)33-13-5-2-6-14-33)39-16-9-15-36(31-39)40-18-10-19-41-42-29-30-45-46(48(42)50-47(40)41)43-17-7-8-20-44(43)51-45/h1-31H. The van der Waals surface area contributed by atoms with E-state index in [1.807, 2.05) is 11.3 Å². The van der Waals surface area contributed by atoms with Gasteiger partial charge in [0.1, 0.15) is 11.2 Å². The predicted molar refractivity (Wildman–Crippen MR) is 218 cm³/mol. The maximum atomic E-state index is 6.89. The van der Waals surface area contributed by atoms with Crippen molar-refractivity contribution in [2.75, 3.05) is 4.90 Å². The molecule has 2 heterocycles. The molecule has 8 aromatic carbocycles. The molecule has 0 amide bonds. The molecule has 0 N–H and O–H groups in total. The lowest BCUT2D eigenvalue weighted by Crippen LogP contribution is -2.10. The minimum atomic E-state index is 0.915. The molecule has 51 heavy (non-hydrogen) atoms. The van der Waals surface area contributed by atoms with E-state index in [0.717, 1.165) is 50.1 Å². The Morgan fingerprint density at radius 2 is 0.902 bits per heavy atom. The van der Waals surface area contributed by atoms with Crippen molar-refractivity contribution in [3.63, 3.8) is 0 Å². The van der Waals surface area contributed by atoms with E-state index in [2.05, 4.69) is 193 Å². The van der Waals surface area contributed by atoms with Crippen LogP contribution in [0.15, 0.2) is 192 Å². The average molecular weight is 670 g/mol. The summed E-state index contributed by atoms with van der Waals surface area (Å²) in [5.74, 6) is 0. The lowest BCUT2D eigenvalue weighted by atomic mass is 10.0. The highest BCUT2D eigenvalue weighted by Gasteiger charge is 2.19. The van der Waals surface area contributed by atoms with E-state index >= 15 is 0 Å². The lowest BCUT2D eigenvalue weighted by Gasteiger charge is -2.26. The van der Waals surface area contributed by atoms with Crippen LogP contribution in [0.3, 0.4) is 0 Å². The van der Waals surface area contributed by atoms with Crippen molar-refractivity contribution in [2.24, 2.45) is 0 Å². The van der Waals surface area contributed by atoms with Gasteiger partial charge in [-0.05, 0) is 82.4 Å². The number of nitrogens with zero attached hydrogens (tertiary/aromatic N) is 1. The van der Waals surface area contributed by atoms with E-state index < -0.39 is 0 Å². The molecule has 0 aliphatic rings. The van der Waals surface area contributed by atoms with Crippen molar-refractivity contribution in [3.05, 3.63) is 188 Å². The van der Waals surface area contributed by atoms with Crippen LogP contribution >= 0.6 is 11.3 Å². The molecule has 0 saturated carbocycles. The van der Waals surface area contributed by atoms with Gasteiger partial charge in [-0.3, -0.25) is 0 Å². The second-order valence-electron chi connectivity index (χ2n) is 12.9. The summed E-state index contributed by atoms with van der Waals surface area (Å²) in [5.41, 5.74) is 12.1. The number of rotatable bonds is 6. The minimum Gasteiger partial charge on any atom is -0.455 e. The minimum absolute atomic E-state index is 0.915. The van der Waals surface area contributed by atoms with Gasteiger partial charge in [0.25, 0.3) is 0 Å². The number of furan rings is 1. The van der Waals surface area contributed by atoms with Crippen LogP contribution in [0.2, 0.25) is 0 Å². The van der Waals surface area contributed by atoms with Gasteiger partial charge in [0.05, 0.1) is 0 Å². The van der Waals surface area contributed by atoms with Crippen LogP contribution in [0.5, 0.6) is 0 Å². The molecule has 2 aromatic heterocycles. The van der Waals surface area contributed by atoms with Gasteiger partial charge >= 0.3 is 0 Å². The molecule has 3 heteroatoms. The Morgan fingerprint density at radius 3 is 1.59 bits per heavy atom. The van der Waals surface area contributed by atoms with E-state index in [1.165, 1.54) is 42.4 Å².